The van der Waals surface area contributed by atoms with Crippen LogP contribution in [-0.4, -0.2) is 28.8 Å². The highest BCUT2D eigenvalue weighted by atomic mass is 32.2. The van der Waals surface area contributed by atoms with Crippen molar-refractivity contribution in [1.29, 1.82) is 0 Å². The predicted molar refractivity (Wildman–Crippen MR) is 56.4 cm³/mol. The molecule has 2 nitrogen and oxygen atoms in total. The first kappa shape index (κ1) is 12.3. The summed E-state index contributed by atoms with van der Waals surface area (Å²) in [7, 11) is 0. The van der Waals surface area contributed by atoms with Crippen LogP contribution in [0.25, 0.3) is 0 Å². The van der Waals surface area contributed by atoms with Crippen LogP contribution in [0.15, 0.2) is 0 Å². The summed E-state index contributed by atoms with van der Waals surface area (Å²) in [6.07, 6.45) is 0.941. The van der Waals surface area contributed by atoms with Crippen molar-refractivity contribution in [2.75, 3.05) is 12.4 Å². The van der Waals surface area contributed by atoms with Gasteiger partial charge in [-0.2, -0.15) is 11.8 Å². The second kappa shape index (κ2) is 6.75. The molecule has 0 aromatic carbocycles. The number of thioether (sulfide) groups is 1. The molecular formula is C9H21NOS. The maximum absolute atomic E-state index is 9.04. The third kappa shape index (κ3) is 5.01. The van der Waals surface area contributed by atoms with Gasteiger partial charge in [-0.15, -0.1) is 0 Å². The molecule has 0 aromatic heterocycles. The maximum Gasteiger partial charge on any atom is 0.0565 e. The van der Waals surface area contributed by atoms with E-state index in [1.807, 2.05) is 0 Å². The van der Waals surface area contributed by atoms with E-state index in [-0.39, 0.29) is 17.9 Å². The van der Waals surface area contributed by atoms with Gasteiger partial charge in [-0.3, -0.25) is 0 Å². The molecule has 2 atom stereocenters. The largest absolute Gasteiger partial charge is 0.395 e. The molecule has 0 saturated carbocycles. The van der Waals surface area contributed by atoms with Crippen LogP contribution in [-0.2, 0) is 0 Å². The summed E-state index contributed by atoms with van der Waals surface area (Å²) < 4.78 is 0. The van der Waals surface area contributed by atoms with Gasteiger partial charge in [-0.25, -0.2) is 0 Å². The van der Waals surface area contributed by atoms with Crippen molar-refractivity contribution in [3.63, 3.8) is 0 Å². The summed E-state index contributed by atoms with van der Waals surface area (Å²) in [5.41, 5.74) is 5.83. The van der Waals surface area contributed by atoms with Crippen molar-refractivity contribution in [2.45, 2.75) is 38.5 Å². The number of hydrogen-bond donors (Lipinski definition) is 2. The average molecular weight is 191 g/mol. The van der Waals surface area contributed by atoms with Crippen LogP contribution in [0.1, 0.15) is 27.2 Å². The first-order valence-corrected chi connectivity index (χ1v) is 5.64. The molecule has 3 heteroatoms. The van der Waals surface area contributed by atoms with Gasteiger partial charge in [0.25, 0.3) is 0 Å². The number of aliphatic hydroxyl groups excluding tert-OH is 1. The third-order valence-corrected chi connectivity index (χ3v) is 3.56. The highest BCUT2D eigenvalue weighted by Crippen LogP contribution is 2.18. The summed E-state index contributed by atoms with van der Waals surface area (Å²) in [6, 6.07) is 0.138. The fourth-order valence-corrected chi connectivity index (χ4v) is 2.07. The Kier molecular flexibility index (Phi) is 6.90. The third-order valence-electron chi connectivity index (χ3n) is 1.77. The van der Waals surface area contributed by atoms with Gasteiger partial charge in [0.1, 0.15) is 0 Å². The van der Waals surface area contributed by atoms with Crippen molar-refractivity contribution >= 4 is 11.8 Å². The molecule has 0 amide bonds. The molecule has 3 N–H and O–H groups in total. The van der Waals surface area contributed by atoms with E-state index >= 15 is 0 Å². The Balaban J connectivity index is 3.67. The zero-order valence-corrected chi connectivity index (χ0v) is 9.10. The first-order chi connectivity index (χ1) is 5.61. The molecule has 12 heavy (non-hydrogen) atoms. The Labute approximate surface area is 79.9 Å². The van der Waals surface area contributed by atoms with E-state index in [2.05, 4.69) is 20.8 Å². The predicted octanol–water partition coefficient (Wildman–Crippen LogP) is 1.47. The highest BCUT2D eigenvalue weighted by Gasteiger charge is 2.15. The van der Waals surface area contributed by atoms with Crippen molar-refractivity contribution in [1.82, 2.24) is 0 Å². The van der Waals surface area contributed by atoms with Gasteiger partial charge in [0.05, 0.1) is 6.61 Å². The standard InChI is InChI=1S/C9H21NOS/c1-4-8(10)9(5-11)12-6-7(2)3/h7-9,11H,4-6,10H2,1-3H3. The van der Waals surface area contributed by atoms with E-state index in [1.165, 1.54) is 0 Å². The zero-order chi connectivity index (χ0) is 9.56. The van der Waals surface area contributed by atoms with Gasteiger partial charge in [0.15, 0.2) is 0 Å². The second-order valence-corrected chi connectivity index (χ2v) is 4.79. The van der Waals surface area contributed by atoms with Gasteiger partial charge >= 0.3 is 0 Å². The van der Waals surface area contributed by atoms with E-state index in [1.54, 1.807) is 11.8 Å². The molecule has 0 saturated heterocycles. The van der Waals surface area contributed by atoms with Gasteiger partial charge in [0, 0.05) is 11.3 Å². The number of rotatable bonds is 6. The lowest BCUT2D eigenvalue weighted by molar-refractivity contribution is 0.281. The van der Waals surface area contributed by atoms with E-state index in [4.69, 9.17) is 10.8 Å². The summed E-state index contributed by atoms with van der Waals surface area (Å²) >= 11 is 1.79. The van der Waals surface area contributed by atoms with Gasteiger partial charge in [-0.05, 0) is 18.1 Å². The molecule has 0 aliphatic rings. The average Bonchev–Trinajstić information content (AvgIpc) is 2.04. The lowest BCUT2D eigenvalue weighted by Gasteiger charge is -2.20. The molecule has 0 rings (SSSR count). The molecule has 0 aromatic rings. The highest BCUT2D eigenvalue weighted by molar-refractivity contribution is 8.00. The van der Waals surface area contributed by atoms with Crippen molar-refractivity contribution in [2.24, 2.45) is 11.7 Å². The Morgan fingerprint density at radius 1 is 1.42 bits per heavy atom. The second-order valence-electron chi connectivity index (χ2n) is 3.52. The Morgan fingerprint density at radius 2 is 2.00 bits per heavy atom. The Morgan fingerprint density at radius 3 is 2.33 bits per heavy atom. The molecule has 0 heterocycles. The number of aliphatic hydroxyl groups is 1. The van der Waals surface area contributed by atoms with E-state index in [0.717, 1.165) is 12.2 Å². The normalized spacial score (nSPS) is 16.5. The van der Waals surface area contributed by atoms with Gasteiger partial charge in [-0.1, -0.05) is 20.8 Å². The molecule has 0 spiro atoms. The zero-order valence-electron chi connectivity index (χ0n) is 8.29. The van der Waals surface area contributed by atoms with Crippen LogP contribution < -0.4 is 5.73 Å². The Hall–Kier alpha value is 0.270. The molecule has 2 unspecified atom stereocenters. The lowest BCUT2D eigenvalue weighted by Crippen LogP contribution is -2.34. The molecule has 0 fully saturated rings. The van der Waals surface area contributed by atoms with Crippen molar-refractivity contribution < 1.29 is 5.11 Å². The minimum atomic E-state index is 0.138. The fourth-order valence-electron chi connectivity index (χ4n) is 0.891. The van der Waals surface area contributed by atoms with Crippen LogP contribution in [0, 0.1) is 5.92 Å². The molecule has 0 aliphatic heterocycles. The van der Waals surface area contributed by atoms with Crippen LogP contribution in [0.3, 0.4) is 0 Å². The molecule has 0 radical (unpaired) electrons. The fraction of sp³-hybridized carbons (Fsp3) is 1.00. The van der Waals surface area contributed by atoms with Crippen LogP contribution in [0.4, 0.5) is 0 Å². The number of nitrogens with two attached hydrogens (primary N) is 1. The lowest BCUT2D eigenvalue weighted by atomic mass is 10.2. The topological polar surface area (TPSA) is 46.2 Å². The monoisotopic (exact) mass is 191 g/mol. The van der Waals surface area contributed by atoms with E-state index in [9.17, 15) is 0 Å². The molecular weight excluding hydrogens is 170 g/mol. The smallest absolute Gasteiger partial charge is 0.0565 e. The maximum atomic E-state index is 9.04. The Bertz CT molecular complexity index is 109. The number of hydrogen-bond acceptors (Lipinski definition) is 3. The minimum absolute atomic E-state index is 0.138. The van der Waals surface area contributed by atoms with Crippen molar-refractivity contribution in [3.05, 3.63) is 0 Å². The van der Waals surface area contributed by atoms with E-state index < -0.39 is 0 Å². The summed E-state index contributed by atoms with van der Waals surface area (Å²) in [5, 5.41) is 9.26. The summed E-state index contributed by atoms with van der Waals surface area (Å²) in [4.78, 5) is 0. The molecule has 0 aliphatic carbocycles. The van der Waals surface area contributed by atoms with Gasteiger partial charge < -0.3 is 10.8 Å². The first-order valence-electron chi connectivity index (χ1n) is 4.59. The molecule has 0 bridgehead atoms. The van der Waals surface area contributed by atoms with Crippen molar-refractivity contribution in [3.8, 4) is 0 Å². The van der Waals surface area contributed by atoms with E-state index in [0.29, 0.717) is 5.92 Å². The SMILES string of the molecule is CCC(N)C(CO)SCC(C)C. The summed E-state index contributed by atoms with van der Waals surface area (Å²) in [6.45, 7) is 6.62. The molecule has 74 valence electrons. The quantitative estimate of drug-likeness (QED) is 0.668. The van der Waals surface area contributed by atoms with Gasteiger partial charge in [0.2, 0.25) is 0 Å². The minimum Gasteiger partial charge on any atom is -0.395 e. The van der Waals surface area contributed by atoms with Crippen LogP contribution in [0.2, 0.25) is 0 Å². The van der Waals surface area contributed by atoms with Crippen LogP contribution >= 0.6 is 11.8 Å². The van der Waals surface area contributed by atoms with Crippen LogP contribution in [0.5, 0.6) is 0 Å². The summed E-state index contributed by atoms with van der Waals surface area (Å²) in [5.74, 6) is 1.76.